The molecule has 0 radical (unpaired) electrons. The minimum Gasteiger partial charge on any atom is -0.508 e. The predicted molar refractivity (Wildman–Crippen MR) is 214 cm³/mol. The highest BCUT2D eigenvalue weighted by atomic mass is 16.5. The van der Waals surface area contributed by atoms with Crippen LogP contribution in [0.5, 0.6) is 11.5 Å². The quantitative estimate of drug-likeness (QED) is 0.184. The number of hydrogen-bond donors (Lipinski definition) is 3. The molecular formula is C44H55N5O7. The molecular weight excluding hydrogens is 711 g/mol. The van der Waals surface area contributed by atoms with Gasteiger partial charge in [-0.25, -0.2) is 5.43 Å². The van der Waals surface area contributed by atoms with Crippen molar-refractivity contribution in [1.82, 2.24) is 25.3 Å². The number of hydrazine groups is 1. The highest BCUT2D eigenvalue weighted by Gasteiger charge is 2.36. The molecule has 2 aromatic heterocycles. The van der Waals surface area contributed by atoms with Crippen molar-refractivity contribution in [3.8, 4) is 33.9 Å². The van der Waals surface area contributed by atoms with E-state index in [9.17, 15) is 19.5 Å². The first-order chi connectivity index (χ1) is 26.8. The molecule has 12 nitrogen and oxygen atoms in total. The number of pyridine rings is 1. The van der Waals surface area contributed by atoms with Gasteiger partial charge in [0.1, 0.15) is 23.6 Å². The third-order valence-electron chi connectivity index (χ3n) is 11.1. The molecule has 3 aliphatic rings. The van der Waals surface area contributed by atoms with E-state index >= 15 is 0 Å². The minimum atomic E-state index is -0.943. The summed E-state index contributed by atoms with van der Waals surface area (Å²) < 4.78 is 20.9. The van der Waals surface area contributed by atoms with Crippen molar-refractivity contribution in [2.45, 2.75) is 104 Å². The van der Waals surface area contributed by atoms with Crippen LogP contribution in [-0.2, 0) is 43.2 Å². The van der Waals surface area contributed by atoms with Gasteiger partial charge in [0, 0.05) is 55.6 Å². The van der Waals surface area contributed by atoms with Crippen LogP contribution < -0.4 is 15.5 Å². The molecule has 6 bridgehead atoms. The van der Waals surface area contributed by atoms with E-state index in [-0.39, 0.29) is 49.0 Å². The molecule has 1 saturated heterocycles. The van der Waals surface area contributed by atoms with Crippen LogP contribution in [-0.4, -0.2) is 76.4 Å². The summed E-state index contributed by atoms with van der Waals surface area (Å²) in [5.74, 6) is -0.151. The van der Waals surface area contributed by atoms with E-state index in [1.807, 2.05) is 39.0 Å². The number of fused-ring (bicyclic) bond motifs is 6. The van der Waals surface area contributed by atoms with Gasteiger partial charge in [0.2, 0.25) is 5.91 Å². The fraction of sp³-hybridized carbons (Fsp3) is 0.500. The van der Waals surface area contributed by atoms with Crippen molar-refractivity contribution >= 4 is 28.7 Å². The van der Waals surface area contributed by atoms with Crippen molar-refractivity contribution in [3.05, 3.63) is 65.5 Å². The van der Waals surface area contributed by atoms with Gasteiger partial charge in [0.05, 0.1) is 36.2 Å². The fourth-order valence-corrected chi connectivity index (χ4v) is 8.33. The van der Waals surface area contributed by atoms with E-state index in [2.05, 4.69) is 41.3 Å². The maximum absolute atomic E-state index is 14.2. The second-order valence-electron chi connectivity index (χ2n) is 16.8. The normalized spacial score (nSPS) is 20.7. The van der Waals surface area contributed by atoms with E-state index in [1.165, 1.54) is 5.01 Å². The number of carbonyl (C=O) groups is 3. The second-order valence-corrected chi connectivity index (χ2v) is 16.8. The van der Waals surface area contributed by atoms with E-state index < -0.39 is 23.5 Å². The number of benzene rings is 2. The van der Waals surface area contributed by atoms with E-state index in [0.717, 1.165) is 69.7 Å². The summed E-state index contributed by atoms with van der Waals surface area (Å²) >= 11 is 0. The average molecular weight is 766 g/mol. The van der Waals surface area contributed by atoms with Gasteiger partial charge in [0.25, 0.3) is 5.91 Å². The summed E-state index contributed by atoms with van der Waals surface area (Å²) in [4.78, 5) is 45.9. The highest BCUT2D eigenvalue weighted by Crippen LogP contribution is 2.46. The largest absolute Gasteiger partial charge is 0.508 e. The zero-order chi connectivity index (χ0) is 39.7. The number of carbonyl (C=O) groups excluding carboxylic acids is 3. The van der Waals surface area contributed by atoms with Crippen LogP contribution >= 0.6 is 0 Å². The van der Waals surface area contributed by atoms with Crippen molar-refractivity contribution < 1.29 is 33.7 Å². The minimum absolute atomic E-state index is 0.0439. The topological polar surface area (TPSA) is 144 Å². The predicted octanol–water partition coefficient (Wildman–Crippen LogP) is 6.65. The molecule has 12 heteroatoms. The molecule has 56 heavy (non-hydrogen) atoms. The van der Waals surface area contributed by atoms with Gasteiger partial charge in [-0.15, -0.1) is 0 Å². The van der Waals surface area contributed by atoms with Gasteiger partial charge in [-0.2, -0.15) is 0 Å². The molecule has 2 aromatic carbocycles. The molecule has 2 amide bonds. The van der Waals surface area contributed by atoms with Crippen LogP contribution in [0.2, 0.25) is 0 Å². The third kappa shape index (κ3) is 8.27. The van der Waals surface area contributed by atoms with Crippen LogP contribution in [0.3, 0.4) is 0 Å². The maximum Gasteiger partial charge on any atom is 0.324 e. The standard InChI is InChI=1S/C44H55N5O7/c1-26(2)17-38(51)46-36-20-28-18-29(21-31(50)19-28)30-22-33-34(24-44(4,5)25-56-43(53)35-12-10-15-49(47-35)42(36)52)40(32-11-9-13-45-39(32)27(3)54-6)48-14-7-8-16-55-37(23-30)41(33)48/h9,11,13,18-19,21-23,26-27,35-36,47,50H,7-8,10,12,14-17,20,24-25H2,1-6H3,(H,46,51). The summed E-state index contributed by atoms with van der Waals surface area (Å²) in [7, 11) is 1.69. The summed E-state index contributed by atoms with van der Waals surface area (Å²) in [6, 6.07) is 11.9. The lowest BCUT2D eigenvalue weighted by atomic mass is 9.84. The molecule has 4 aromatic rings. The Kier molecular flexibility index (Phi) is 11.4. The number of aryl methyl sites for hydroxylation is 1. The number of phenols is 1. The molecule has 298 valence electrons. The van der Waals surface area contributed by atoms with Crippen LogP contribution in [0.1, 0.15) is 89.6 Å². The number of cyclic esters (lactones) is 1. The second kappa shape index (κ2) is 16.3. The molecule has 0 aliphatic carbocycles. The van der Waals surface area contributed by atoms with Crippen molar-refractivity contribution in [2.75, 3.05) is 26.9 Å². The van der Waals surface area contributed by atoms with Crippen molar-refractivity contribution in [2.24, 2.45) is 11.3 Å². The maximum atomic E-state index is 14.2. The SMILES string of the molecule is COC(C)c1ncccc1-c1c2c3cc(cc4c3n1CCCCO4)-c1cc(O)cc(c1)CC(NC(=O)CC(C)C)C(=O)N1CCCC(N1)C(=O)OCC(C)(C)C2. The Morgan fingerprint density at radius 1 is 1.07 bits per heavy atom. The average Bonchev–Trinajstić information content (AvgIpc) is 3.45. The summed E-state index contributed by atoms with van der Waals surface area (Å²) in [5, 5.41) is 16.6. The van der Waals surface area contributed by atoms with Crippen LogP contribution in [0.15, 0.2) is 48.7 Å². The lowest BCUT2D eigenvalue weighted by molar-refractivity contribution is -0.155. The molecule has 1 fully saturated rings. The van der Waals surface area contributed by atoms with Crippen LogP contribution in [0, 0.1) is 11.3 Å². The molecule has 3 N–H and O–H groups in total. The Bertz CT molecular complexity index is 2120. The smallest absolute Gasteiger partial charge is 0.324 e. The molecule has 3 unspecified atom stereocenters. The van der Waals surface area contributed by atoms with E-state index in [0.29, 0.717) is 38.0 Å². The lowest BCUT2D eigenvalue weighted by Gasteiger charge is -2.35. The summed E-state index contributed by atoms with van der Waals surface area (Å²) in [6.45, 7) is 12.0. The first-order valence-corrected chi connectivity index (χ1v) is 20.0. The number of hydrogen-bond acceptors (Lipinski definition) is 9. The number of aromatic hydroxyl groups is 1. The van der Waals surface area contributed by atoms with E-state index in [4.69, 9.17) is 19.2 Å². The third-order valence-corrected chi connectivity index (χ3v) is 11.1. The first-order valence-electron chi connectivity index (χ1n) is 20.0. The molecule has 0 spiro atoms. The number of amides is 2. The summed E-state index contributed by atoms with van der Waals surface area (Å²) in [6.07, 6.45) is 5.36. The summed E-state index contributed by atoms with van der Waals surface area (Å²) in [5.41, 5.74) is 9.76. The zero-order valence-corrected chi connectivity index (χ0v) is 33.4. The number of aromatic nitrogens is 2. The number of ether oxygens (including phenoxy) is 3. The van der Waals surface area contributed by atoms with E-state index in [1.54, 1.807) is 25.4 Å². The fourth-order valence-electron chi connectivity index (χ4n) is 8.33. The Hall–Kier alpha value is -4.94. The zero-order valence-electron chi connectivity index (χ0n) is 33.4. The van der Waals surface area contributed by atoms with Gasteiger partial charge >= 0.3 is 5.97 Å². The van der Waals surface area contributed by atoms with Crippen molar-refractivity contribution in [3.63, 3.8) is 0 Å². The first kappa shape index (κ1) is 39.3. The van der Waals surface area contributed by atoms with Gasteiger partial charge in [-0.3, -0.25) is 24.4 Å². The van der Waals surface area contributed by atoms with Gasteiger partial charge in [-0.05, 0) is 104 Å². The number of esters is 1. The Balaban J connectivity index is 1.45. The van der Waals surface area contributed by atoms with Crippen LogP contribution in [0.4, 0.5) is 0 Å². The molecule has 7 rings (SSSR count). The van der Waals surface area contributed by atoms with Gasteiger partial charge < -0.3 is 29.2 Å². The number of rotatable bonds is 6. The molecule has 3 aliphatic heterocycles. The van der Waals surface area contributed by atoms with Gasteiger partial charge in [0.15, 0.2) is 0 Å². The Morgan fingerprint density at radius 3 is 2.66 bits per heavy atom. The number of nitrogens with zero attached hydrogens (tertiary/aromatic N) is 3. The highest BCUT2D eigenvalue weighted by molar-refractivity contribution is 5.99. The molecule has 5 heterocycles. The van der Waals surface area contributed by atoms with Crippen molar-refractivity contribution in [1.29, 1.82) is 0 Å². The van der Waals surface area contributed by atoms with Gasteiger partial charge in [-0.1, -0.05) is 33.8 Å². The number of nitrogens with one attached hydrogen (secondary N) is 2. The monoisotopic (exact) mass is 765 g/mol. The Labute approximate surface area is 328 Å². The number of phenolic OH excluding ortho intramolecular Hbond substituents is 1. The molecule has 0 saturated carbocycles. The van der Waals surface area contributed by atoms with Crippen LogP contribution in [0.25, 0.3) is 33.3 Å². The Morgan fingerprint density at radius 2 is 1.88 bits per heavy atom. The molecule has 3 atom stereocenters. The lowest BCUT2D eigenvalue weighted by Crippen LogP contribution is -2.60. The number of methoxy groups -OCH3 is 1.